The number of rotatable bonds is 1. The van der Waals surface area contributed by atoms with Gasteiger partial charge in [-0.1, -0.05) is 6.08 Å². The van der Waals surface area contributed by atoms with Crippen LogP contribution in [0.5, 0.6) is 0 Å². The molecule has 0 bridgehead atoms. The van der Waals surface area contributed by atoms with Crippen LogP contribution in [-0.4, -0.2) is 15.6 Å². The lowest BCUT2D eigenvalue weighted by Gasteiger charge is -2.18. The zero-order valence-corrected chi connectivity index (χ0v) is 6.15. The van der Waals surface area contributed by atoms with Crippen molar-refractivity contribution in [2.24, 2.45) is 0 Å². The maximum absolute atomic E-state index is 10.4. The van der Waals surface area contributed by atoms with E-state index in [4.69, 9.17) is 5.11 Å². The van der Waals surface area contributed by atoms with Crippen LogP contribution in [0.1, 0.15) is 13.3 Å². The van der Waals surface area contributed by atoms with E-state index in [0.29, 0.717) is 0 Å². The molecule has 0 saturated heterocycles. The van der Waals surface area contributed by atoms with Gasteiger partial charge in [0.2, 0.25) is 5.54 Å². The van der Waals surface area contributed by atoms with Gasteiger partial charge in [-0.2, -0.15) is 0 Å². The fourth-order valence-electron chi connectivity index (χ4n) is 0.976. The minimum Gasteiger partial charge on any atom is -0.512 e. The molecule has 1 rings (SSSR count). The van der Waals surface area contributed by atoms with E-state index in [9.17, 15) is 10.1 Å². The summed E-state index contributed by atoms with van der Waals surface area (Å²) in [6.07, 6.45) is 4.52. The summed E-state index contributed by atoms with van der Waals surface area (Å²) in [7, 11) is 0. The highest BCUT2D eigenvalue weighted by molar-refractivity contribution is 5.20. The summed E-state index contributed by atoms with van der Waals surface area (Å²) in [5, 5.41) is 19.4. The lowest BCUT2D eigenvalue weighted by Crippen LogP contribution is -2.33. The molecule has 0 radical (unpaired) electrons. The van der Waals surface area contributed by atoms with Crippen molar-refractivity contribution in [3.8, 4) is 0 Å². The molecule has 60 valence electrons. The van der Waals surface area contributed by atoms with Crippen molar-refractivity contribution in [1.82, 2.24) is 0 Å². The van der Waals surface area contributed by atoms with E-state index in [1.807, 2.05) is 0 Å². The normalized spacial score (nSPS) is 29.7. The minimum atomic E-state index is -1.13. The average Bonchev–Trinajstić information content (AvgIpc) is 1.86. The standard InChI is InChI=1S/C7H9NO3/c1-7(8(10)11)4-2-3-6(9)5-7/h2-4,9H,5H2,1H3. The first-order valence-corrected chi connectivity index (χ1v) is 3.26. The molecule has 1 aliphatic carbocycles. The molecule has 0 aliphatic heterocycles. The molecule has 11 heavy (non-hydrogen) atoms. The Hall–Kier alpha value is -1.32. The van der Waals surface area contributed by atoms with Gasteiger partial charge in [0, 0.05) is 11.8 Å². The Balaban J connectivity index is 2.86. The van der Waals surface area contributed by atoms with E-state index in [-0.39, 0.29) is 12.2 Å². The van der Waals surface area contributed by atoms with Crippen LogP contribution < -0.4 is 0 Å². The van der Waals surface area contributed by atoms with Crippen molar-refractivity contribution in [2.45, 2.75) is 18.9 Å². The lowest BCUT2D eigenvalue weighted by atomic mass is 9.93. The highest BCUT2D eigenvalue weighted by atomic mass is 16.6. The number of hydrogen-bond donors (Lipinski definition) is 1. The first kappa shape index (κ1) is 7.78. The molecule has 0 aromatic carbocycles. The predicted molar refractivity (Wildman–Crippen MR) is 39.9 cm³/mol. The maximum atomic E-state index is 10.4. The summed E-state index contributed by atoms with van der Waals surface area (Å²) in [6, 6.07) is 0. The van der Waals surface area contributed by atoms with Crippen LogP contribution in [0, 0.1) is 10.1 Å². The molecule has 0 amide bonds. The van der Waals surface area contributed by atoms with E-state index in [0.717, 1.165) is 0 Å². The number of aliphatic hydroxyl groups excluding tert-OH is 1. The van der Waals surface area contributed by atoms with Gasteiger partial charge >= 0.3 is 0 Å². The molecule has 1 aliphatic rings. The third-order valence-corrected chi connectivity index (χ3v) is 1.70. The number of allylic oxidation sites excluding steroid dienone is 2. The summed E-state index contributed by atoms with van der Waals surface area (Å²) in [4.78, 5) is 10.0. The molecule has 0 aromatic heterocycles. The Morgan fingerprint density at radius 2 is 2.45 bits per heavy atom. The Morgan fingerprint density at radius 1 is 1.82 bits per heavy atom. The smallest absolute Gasteiger partial charge is 0.244 e. The van der Waals surface area contributed by atoms with E-state index < -0.39 is 10.5 Å². The molecule has 0 saturated carbocycles. The molecule has 1 N–H and O–H groups in total. The monoisotopic (exact) mass is 155 g/mol. The number of hydrogen-bond acceptors (Lipinski definition) is 3. The van der Waals surface area contributed by atoms with Crippen molar-refractivity contribution >= 4 is 0 Å². The van der Waals surface area contributed by atoms with E-state index >= 15 is 0 Å². The molecule has 1 unspecified atom stereocenters. The van der Waals surface area contributed by atoms with Crippen molar-refractivity contribution in [1.29, 1.82) is 0 Å². The van der Waals surface area contributed by atoms with Crippen LogP contribution in [0.3, 0.4) is 0 Å². The molecule has 4 heteroatoms. The number of nitrogens with zero attached hydrogens (tertiary/aromatic N) is 1. The minimum absolute atomic E-state index is 0.0618. The van der Waals surface area contributed by atoms with Gasteiger partial charge < -0.3 is 5.11 Å². The Morgan fingerprint density at radius 3 is 2.82 bits per heavy atom. The first-order chi connectivity index (χ1) is 5.04. The number of aliphatic hydroxyl groups is 1. The van der Waals surface area contributed by atoms with Crippen LogP contribution in [0.2, 0.25) is 0 Å². The van der Waals surface area contributed by atoms with Crippen molar-refractivity contribution in [3.05, 3.63) is 34.1 Å². The molecule has 1 atom stereocenters. The van der Waals surface area contributed by atoms with Gasteiger partial charge in [-0.25, -0.2) is 0 Å². The highest BCUT2D eigenvalue weighted by Gasteiger charge is 2.36. The topological polar surface area (TPSA) is 63.4 Å². The molecule has 4 nitrogen and oxygen atoms in total. The van der Waals surface area contributed by atoms with Gasteiger partial charge in [0.25, 0.3) is 0 Å². The SMILES string of the molecule is CC1([N+](=O)[O-])C=CC=C(O)C1. The van der Waals surface area contributed by atoms with Crippen molar-refractivity contribution < 1.29 is 10.0 Å². The molecular weight excluding hydrogens is 146 g/mol. The van der Waals surface area contributed by atoms with Gasteiger partial charge in [-0.3, -0.25) is 10.1 Å². The third-order valence-electron chi connectivity index (χ3n) is 1.70. The Kier molecular flexibility index (Phi) is 1.68. The largest absolute Gasteiger partial charge is 0.512 e. The zero-order valence-electron chi connectivity index (χ0n) is 6.15. The van der Waals surface area contributed by atoms with Crippen LogP contribution in [0.25, 0.3) is 0 Å². The Labute approximate surface area is 64.0 Å². The lowest BCUT2D eigenvalue weighted by molar-refractivity contribution is -0.550. The van der Waals surface area contributed by atoms with E-state index in [2.05, 4.69) is 0 Å². The summed E-state index contributed by atoms with van der Waals surface area (Å²) in [5.41, 5.74) is -1.13. The third kappa shape index (κ3) is 1.39. The molecule has 0 fully saturated rings. The fourth-order valence-corrected chi connectivity index (χ4v) is 0.976. The summed E-state index contributed by atoms with van der Waals surface area (Å²) >= 11 is 0. The van der Waals surface area contributed by atoms with Crippen molar-refractivity contribution in [2.75, 3.05) is 0 Å². The molecule has 0 spiro atoms. The summed E-state index contributed by atoms with van der Waals surface area (Å²) < 4.78 is 0. The van der Waals surface area contributed by atoms with E-state index in [1.165, 1.54) is 25.2 Å². The predicted octanol–water partition coefficient (Wildman–Crippen LogP) is 1.42. The number of nitro groups is 1. The first-order valence-electron chi connectivity index (χ1n) is 3.26. The highest BCUT2D eigenvalue weighted by Crippen LogP contribution is 2.23. The van der Waals surface area contributed by atoms with Crippen LogP contribution in [0.4, 0.5) is 0 Å². The second-order valence-electron chi connectivity index (χ2n) is 2.81. The fraction of sp³-hybridized carbons (Fsp3) is 0.429. The van der Waals surface area contributed by atoms with E-state index in [1.54, 1.807) is 0 Å². The van der Waals surface area contributed by atoms with Crippen LogP contribution >= 0.6 is 0 Å². The summed E-state index contributed by atoms with van der Waals surface area (Å²) in [6.45, 7) is 1.48. The molecule has 0 heterocycles. The molecule has 0 aromatic rings. The van der Waals surface area contributed by atoms with Gasteiger partial charge in [0.15, 0.2) is 0 Å². The van der Waals surface area contributed by atoms with Gasteiger partial charge in [-0.15, -0.1) is 0 Å². The average molecular weight is 155 g/mol. The van der Waals surface area contributed by atoms with Gasteiger partial charge in [0.1, 0.15) is 0 Å². The van der Waals surface area contributed by atoms with Gasteiger partial charge in [0.05, 0.1) is 12.2 Å². The van der Waals surface area contributed by atoms with Crippen LogP contribution in [0.15, 0.2) is 24.0 Å². The second-order valence-corrected chi connectivity index (χ2v) is 2.81. The second kappa shape index (κ2) is 2.38. The van der Waals surface area contributed by atoms with Gasteiger partial charge in [-0.05, 0) is 12.2 Å². The van der Waals surface area contributed by atoms with Crippen LogP contribution in [-0.2, 0) is 0 Å². The Bertz CT molecular complexity index is 244. The maximum Gasteiger partial charge on any atom is 0.244 e. The van der Waals surface area contributed by atoms with Crippen molar-refractivity contribution in [3.63, 3.8) is 0 Å². The quantitative estimate of drug-likeness (QED) is 0.460. The summed E-state index contributed by atoms with van der Waals surface area (Å²) in [5.74, 6) is 0.0618. The zero-order chi connectivity index (χ0) is 8.48. The molecular formula is C7H9NO3.